The van der Waals surface area contributed by atoms with Crippen LogP contribution in [0.5, 0.6) is 0 Å². The molecule has 0 heterocycles. The Morgan fingerprint density at radius 3 is 1.50 bits per heavy atom. The minimum absolute atomic E-state index is 1.08. The second kappa shape index (κ2) is 9.25. The van der Waals surface area contributed by atoms with Crippen LogP contribution in [0.4, 0.5) is 17.1 Å². The molecule has 0 radical (unpaired) electrons. The van der Waals surface area contributed by atoms with Gasteiger partial charge in [0.05, 0.1) is 0 Å². The first-order chi connectivity index (χ1) is 15.8. The molecule has 0 amide bonds. The van der Waals surface area contributed by atoms with E-state index in [9.17, 15) is 0 Å². The average molecular weight is 476 g/mol. The van der Waals surface area contributed by atoms with Crippen LogP contribution in [0.1, 0.15) is 0 Å². The fourth-order valence-corrected chi connectivity index (χ4v) is 4.42. The Morgan fingerprint density at radius 1 is 0.406 bits per heavy atom. The molecule has 0 aromatic heterocycles. The molecule has 0 aliphatic carbocycles. The van der Waals surface area contributed by atoms with Crippen molar-refractivity contribution in [1.82, 2.24) is 0 Å². The van der Waals surface area contributed by atoms with Gasteiger partial charge in [0.1, 0.15) is 0 Å². The molecule has 0 saturated carbocycles. The van der Waals surface area contributed by atoms with Gasteiger partial charge in [0.15, 0.2) is 0 Å². The summed E-state index contributed by atoms with van der Waals surface area (Å²) in [6.45, 7) is 0. The highest BCUT2D eigenvalue weighted by Gasteiger charge is 2.14. The van der Waals surface area contributed by atoms with E-state index in [4.69, 9.17) is 0 Å². The van der Waals surface area contributed by atoms with Crippen molar-refractivity contribution < 1.29 is 0 Å². The van der Waals surface area contributed by atoms with E-state index < -0.39 is 0 Å². The van der Waals surface area contributed by atoms with Crippen LogP contribution in [0.2, 0.25) is 0 Å². The SMILES string of the molecule is Brc1ccc(N(c2ccccc2)c2ccc(-c3ccccc3)cc2)cc1-c1ccccc1. The minimum Gasteiger partial charge on any atom is -0.310 e. The van der Waals surface area contributed by atoms with Gasteiger partial charge in [-0.1, -0.05) is 107 Å². The van der Waals surface area contributed by atoms with Crippen LogP contribution in [0.25, 0.3) is 22.3 Å². The summed E-state index contributed by atoms with van der Waals surface area (Å²) in [6, 6.07) is 46.8. The zero-order valence-corrected chi connectivity index (χ0v) is 19.1. The first-order valence-corrected chi connectivity index (χ1v) is 11.4. The molecule has 0 fully saturated rings. The van der Waals surface area contributed by atoms with Gasteiger partial charge in [-0.3, -0.25) is 0 Å². The number of hydrogen-bond donors (Lipinski definition) is 0. The van der Waals surface area contributed by atoms with E-state index >= 15 is 0 Å². The van der Waals surface area contributed by atoms with Gasteiger partial charge >= 0.3 is 0 Å². The van der Waals surface area contributed by atoms with Gasteiger partial charge in [0, 0.05) is 21.5 Å². The predicted molar refractivity (Wildman–Crippen MR) is 140 cm³/mol. The van der Waals surface area contributed by atoms with E-state index in [-0.39, 0.29) is 0 Å². The van der Waals surface area contributed by atoms with Crippen LogP contribution in [0.3, 0.4) is 0 Å². The summed E-state index contributed by atoms with van der Waals surface area (Å²) in [5.41, 5.74) is 8.16. The van der Waals surface area contributed by atoms with Crippen molar-refractivity contribution >= 4 is 33.0 Å². The van der Waals surface area contributed by atoms with Crippen molar-refractivity contribution in [2.45, 2.75) is 0 Å². The lowest BCUT2D eigenvalue weighted by Gasteiger charge is -2.26. The summed E-state index contributed by atoms with van der Waals surface area (Å²) in [7, 11) is 0. The number of nitrogens with zero attached hydrogens (tertiary/aromatic N) is 1. The molecule has 0 aliphatic heterocycles. The van der Waals surface area contributed by atoms with E-state index in [2.05, 4.69) is 142 Å². The van der Waals surface area contributed by atoms with Crippen molar-refractivity contribution in [2.75, 3.05) is 4.90 Å². The molecule has 0 saturated heterocycles. The van der Waals surface area contributed by atoms with Gasteiger partial charge in [0.2, 0.25) is 0 Å². The third-order valence-corrected chi connectivity index (χ3v) is 6.23. The minimum atomic E-state index is 1.08. The lowest BCUT2D eigenvalue weighted by Crippen LogP contribution is -2.10. The predicted octanol–water partition coefficient (Wildman–Crippen LogP) is 9.25. The molecule has 0 spiro atoms. The maximum Gasteiger partial charge on any atom is 0.0468 e. The number of rotatable bonds is 5. The Hall–Kier alpha value is -3.62. The van der Waals surface area contributed by atoms with E-state index in [1.54, 1.807) is 0 Å². The largest absolute Gasteiger partial charge is 0.310 e. The maximum atomic E-state index is 3.75. The molecule has 0 aliphatic rings. The van der Waals surface area contributed by atoms with Crippen molar-refractivity contribution in [1.29, 1.82) is 0 Å². The highest BCUT2D eigenvalue weighted by Crippen LogP contribution is 2.39. The van der Waals surface area contributed by atoms with Crippen molar-refractivity contribution in [3.63, 3.8) is 0 Å². The van der Waals surface area contributed by atoms with Gasteiger partial charge in [-0.05, 0) is 64.7 Å². The van der Waals surface area contributed by atoms with Crippen LogP contribution < -0.4 is 4.90 Å². The van der Waals surface area contributed by atoms with E-state index in [0.29, 0.717) is 0 Å². The Bertz CT molecular complexity index is 1300. The summed E-state index contributed by atoms with van der Waals surface area (Å²) in [5, 5.41) is 0. The summed E-state index contributed by atoms with van der Waals surface area (Å²) >= 11 is 3.75. The normalized spacial score (nSPS) is 10.7. The molecule has 1 nitrogen and oxygen atoms in total. The van der Waals surface area contributed by atoms with Gasteiger partial charge in [-0.15, -0.1) is 0 Å². The van der Waals surface area contributed by atoms with Gasteiger partial charge in [-0.25, -0.2) is 0 Å². The molecule has 32 heavy (non-hydrogen) atoms. The number of halogens is 1. The molecular formula is C30H22BrN. The van der Waals surface area contributed by atoms with Crippen LogP contribution in [-0.2, 0) is 0 Å². The Morgan fingerprint density at radius 2 is 0.875 bits per heavy atom. The zero-order chi connectivity index (χ0) is 21.8. The fraction of sp³-hybridized carbons (Fsp3) is 0. The number of anilines is 3. The van der Waals surface area contributed by atoms with E-state index in [0.717, 1.165) is 21.5 Å². The topological polar surface area (TPSA) is 3.24 Å². The second-order valence-electron chi connectivity index (χ2n) is 7.61. The van der Waals surface area contributed by atoms with E-state index in [1.807, 2.05) is 12.1 Å². The Kier molecular flexibility index (Phi) is 5.87. The van der Waals surface area contributed by atoms with Gasteiger partial charge in [-0.2, -0.15) is 0 Å². The zero-order valence-electron chi connectivity index (χ0n) is 17.5. The van der Waals surface area contributed by atoms with Gasteiger partial charge in [0.25, 0.3) is 0 Å². The average Bonchev–Trinajstić information content (AvgIpc) is 2.87. The fourth-order valence-electron chi connectivity index (χ4n) is 3.95. The van der Waals surface area contributed by atoms with Crippen LogP contribution >= 0.6 is 15.9 Å². The molecule has 0 N–H and O–H groups in total. The van der Waals surface area contributed by atoms with Crippen molar-refractivity contribution in [2.24, 2.45) is 0 Å². The number of para-hydroxylation sites is 1. The standard InChI is InChI=1S/C30H22BrN/c31-30-21-20-28(22-29(30)25-12-6-2-7-13-25)32(26-14-8-3-9-15-26)27-18-16-24(17-19-27)23-10-4-1-5-11-23/h1-22H. The molecule has 5 rings (SSSR count). The molecule has 5 aromatic rings. The maximum absolute atomic E-state index is 3.75. The highest BCUT2D eigenvalue weighted by atomic mass is 79.9. The van der Waals surface area contributed by atoms with E-state index in [1.165, 1.54) is 22.3 Å². The van der Waals surface area contributed by atoms with Crippen molar-refractivity contribution in [3.05, 3.63) is 138 Å². The third-order valence-electron chi connectivity index (χ3n) is 5.54. The summed E-state index contributed by atoms with van der Waals surface area (Å²) in [4.78, 5) is 2.30. The Balaban J connectivity index is 1.60. The molecule has 5 aromatic carbocycles. The lowest BCUT2D eigenvalue weighted by atomic mass is 10.0. The first-order valence-electron chi connectivity index (χ1n) is 10.7. The molecule has 2 heteroatoms. The molecule has 0 unspecified atom stereocenters. The van der Waals surface area contributed by atoms with Crippen LogP contribution in [0, 0.1) is 0 Å². The lowest BCUT2D eigenvalue weighted by molar-refractivity contribution is 1.28. The quantitative estimate of drug-likeness (QED) is 0.244. The summed E-state index contributed by atoms with van der Waals surface area (Å²) < 4.78 is 1.08. The second-order valence-corrected chi connectivity index (χ2v) is 8.47. The molecule has 154 valence electrons. The summed E-state index contributed by atoms with van der Waals surface area (Å²) in [6.07, 6.45) is 0. The Labute approximate surface area is 197 Å². The third kappa shape index (κ3) is 4.23. The first kappa shape index (κ1) is 20.3. The van der Waals surface area contributed by atoms with Crippen molar-refractivity contribution in [3.8, 4) is 22.3 Å². The molecule has 0 bridgehead atoms. The number of benzene rings is 5. The molecular weight excluding hydrogens is 454 g/mol. The summed E-state index contributed by atoms with van der Waals surface area (Å²) in [5.74, 6) is 0. The van der Waals surface area contributed by atoms with Crippen LogP contribution in [-0.4, -0.2) is 0 Å². The van der Waals surface area contributed by atoms with Crippen LogP contribution in [0.15, 0.2) is 138 Å². The van der Waals surface area contributed by atoms with Gasteiger partial charge < -0.3 is 4.90 Å². The monoisotopic (exact) mass is 475 g/mol. The smallest absolute Gasteiger partial charge is 0.0468 e. The highest BCUT2D eigenvalue weighted by molar-refractivity contribution is 9.10. The number of hydrogen-bond acceptors (Lipinski definition) is 1. The molecule has 0 atom stereocenters.